The number of hydrogen-bond acceptors (Lipinski definition) is 7. The van der Waals surface area contributed by atoms with Crippen molar-refractivity contribution >= 4 is 28.7 Å². The van der Waals surface area contributed by atoms with Gasteiger partial charge in [-0.2, -0.15) is 16.3 Å². The maximum Gasteiger partial charge on any atom is 0.227 e. The van der Waals surface area contributed by atoms with Crippen molar-refractivity contribution in [2.24, 2.45) is 0 Å². The minimum atomic E-state index is -0.0993. The Kier molecular flexibility index (Phi) is 5.43. The molecule has 0 spiro atoms. The molecule has 7 nitrogen and oxygen atoms in total. The summed E-state index contributed by atoms with van der Waals surface area (Å²) in [6, 6.07) is 5.80. The summed E-state index contributed by atoms with van der Waals surface area (Å²) in [6.45, 7) is 2.10. The average molecular weight is 383 g/mol. The Morgan fingerprint density at radius 2 is 2.11 bits per heavy atom. The summed E-state index contributed by atoms with van der Waals surface area (Å²) < 4.78 is 5.22. The lowest BCUT2D eigenvalue weighted by molar-refractivity contribution is -0.116. The molecule has 4 rings (SSSR count). The van der Waals surface area contributed by atoms with Crippen LogP contribution in [0.4, 0.5) is 11.5 Å². The highest BCUT2D eigenvalue weighted by atomic mass is 32.1. The molecule has 1 N–H and O–H groups in total. The number of hydrogen-bond donors (Lipinski definition) is 1. The summed E-state index contributed by atoms with van der Waals surface area (Å²) in [5, 5.41) is 10.7. The number of amides is 1. The Hall–Kier alpha value is -2.74. The van der Waals surface area contributed by atoms with Crippen molar-refractivity contribution in [2.45, 2.75) is 32.1 Å². The third-order valence-electron chi connectivity index (χ3n) is 4.53. The monoisotopic (exact) mass is 383 g/mol. The lowest BCUT2D eigenvalue weighted by Gasteiger charge is -2.27. The van der Waals surface area contributed by atoms with E-state index in [-0.39, 0.29) is 12.3 Å². The van der Waals surface area contributed by atoms with Crippen LogP contribution in [0.3, 0.4) is 0 Å². The van der Waals surface area contributed by atoms with E-state index in [0.29, 0.717) is 23.8 Å². The molecule has 4 heterocycles. The van der Waals surface area contributed by atoms with Crippen LogP contribution >= 0.6 is 11.3 Å². The smallest absolute Gasteiger partial charge is 0.227 e. The van der Waals surface area contributed by atoms with E-state index < -0.39 is 0 Å². The Morgan fingerprint density at radius 3 is 2.85 bits per heavy atom. The molecule has 140 valence electrons. The van der Waals surface area contributed by atoms with Crippen LogP contribution in [0, 0.1) is 0 Å². The first kappa shape index (κ1) is 17.7. The van der Waals surface area contributed by atoms with E-state index in [1.54, 1.807) is 17.5 Å². The quantitative estimate of drug-likeness (QED) is 0.698. The lowest BCUT2D eigenvalue weighted by Crippen LogP contribution is -2.30. The van der Waals surface area contributed by atoms with Gasteiger partial charge in [0.25, 0.3) is 0 Å². The Balaban J connectivity index is 1.28. The molecular formula is C19H21N5O2S. The van der Waals surface area contributed by atoms with E-state index in [4.69, 9.17) is 4.52 Å². The number of carbonyl (C=O) groups is 1. The van der Waals surface area contributed by atoms with E-state index in [1.165, 1.54) is 19.3 Å². The van der Waals surface area contributed by atoms with Crippen molar-refractivity contribution in [1.82, 2.24) is 15.1 Å². The van der Waals surface area contributed by atoms with Crippen LogP contribution in [-0.2, 0) is 11.2 Å². The Bertz CT molecular complexity index is 870. The predicted octanol–water partition coefficient (Wildman–Crippen LogP) is 3.75. The fourth-order valence-corrected chi connectivity index (χ4v) is 3.71. The molecule has 0 unspecified atom stereocenters. The molecule has 0 bridgehead atoms. The molecule has 8 heteroatoms. The highest BCUT2D eigenvalue weighted by Gasteiger charge is 2.13. The molecule has 1 saturated heterocycles. The van der Waals surface area contributed by atoms with E-state index in [9.17, 15) is 4.79 Å². The highest BCUT2D eigenvalue weighted by Crippen LogP contribution is 2.20. The molecule has 1 amide bonds. The molecular weight excluding hydrogens is 362 g/mol. The summed E-state index contributed by atoms with van der Waals surface area (Å²) in [7, 11) is 0. The van der Waals surface area contributed by atoms with Gasteiger partial charge in [-0.15, -0.1) is 0 Å². The third-order valence-corrected chi connectivity index (χ3v) is 5.21. The van der Waals surface area contributed by atoms with Crippen LogP contribution in [0.15, 0.2) is 39.7 Å². The minimum Gasteiger partial charge on any atom is -0.357 e. The molecule has 0 radical (unpaired) electrons. The van der Waals surface area contributed by atoms with Crippen LogP contribution in [0.1, 0.15) is 31.6 Å². The molecule has 0 saturated carbocycles. The van der Waals surface area contributed by atoms with Gasteiger partial charge in [-0.05, 0) is 42.8 Å². The lowest BCUT2D eigenvalue weighted by atomic mass is 10.1. The van der Waals surface area contributed by atoms with E-state index >= 15 is 0 Å². The number of aromatic nitrogens is 3. The summed E-state index contributed by atoms with van der Waals surface area (Å²) >= 11 is 1.58. The van der Waals surface area contributed by atoms with Gasteiger partial charge < -0.3 is 14.7 Å². The topological polar surface area (TPSA) is 84.1 Å². The van der Waals surface area contributed by atoms with Gasteiger partial charge >= 0.3 is 0 Å². The number of nitrogens with zero attached hydrogens (tertiary/aromatic N) is 4. The number of thiophene rings is 1. The zero-order valence-corrected chi connectivity index (χ0v) is 15.7. The van der Waals surface area contributed by atoms with Crippen molar-refractivity contribution in [2.75, 3.05) is 23.3 Å². The molecule has 0 atom stereocenters. The van der Waals surface area contributed by atoms with Crippen LogP contribution in [0.25, 0.3) is 11.4 Å². The number of carbonyl (C=O) groups excluding carboxylic acids is 1. The molecule has 1 aliphatic rings. The summed E-state index contributed by atoms with van der Waals surface area (Å²) in [5.74, 6) is 1.89. The molecule has 0 aromatic carbocycles. The normalized spacial score (nSPS) is 14.3. The highest BCUT2D eigenvalue weighted by molar-refractivity contribution is 7.08. The number of pyridine rings is 1. The second-order valence-electron chi connectivity index (χ2n) is 6.52. The Labute approximate surface area is 161 Å². The summed E-state index contributed by atoms with van der Waals surface area (Å²) in [4.78, 5) is 23.3. The maximum atomic E-state index is 12.2. The largest absolute Gasteiger partial charge is 0.357 e. The van der Waals surface area contributed by atoms with Gasteiger partial charge in [0.1, 0.15) is 5.82 Å². The van der Waals surface area contributed by atoms with Crippen molar-refractivity contribution in [3.8, 4) is 11.4 Å². The van der Waals surface area contributed by atoms with Crippen molar-refractivity contribution < 1.29 is 9.32 Å². The van der Waals surface area contributed by atoms with E-state index in [0.717, 1.165) is 24.5 Å². The average Bonchev–Trinajstić information content (AvgIpc) is 3.39. The molecule has 3 aromatic rings. The second-order valence-corrected chi connectivity index (χ2v) is 7.30. The van der Waals surface area contributed by atoms with Crippen molar-refractivity contribution in [1.29, 1.82) is 0 Å². The number of aryl methyl sites for hydroxylation is 1. The first-order valence-electron chi connectivity index (χ1n) is 9.14. The number of anilines is 2. The predicted molar refractivity (Wildman–Crippen MR) is 105 cm³/mol. The van der Waals surface area contributed by atoms with Crippen LogP contribution in [0.2, 0.25) is 0 Å². The molecule has 1 aliphatic heterocycles. The standard InChI is InChI=1S/C19H21N5O2S/c25-17(6-7-18-22-19(23-26-18)14-8-11-27-13-14)21-15-4-5-16(20-12-15)24-9-2-1-3-10-24/h4-5,8,11-13H,1-3,6-7,9-10H2,(H,21,25). The van der Waals surface area contributed by atoms with Crippen LogP contribution in [0.5, 0.6) is 0 Å². The second kappa shape index (κ2) is 8.30. The van der Waals surface area contributed by atoms with Gasteiger partial charge in [0.2, 0.25) is 17.6 Å². The van der Waals surface area contributed by atoms with Crippen molar-refractivity contribution in [3.63, 3.8) is 0 Å². The minimum absolute atomic E-state index is 0.0993. The first-order chi connectivity index (χ1) is 13.3. The third kappa shape index (κ3) is 4.51. The first-order valence-corrected chi connectivity index (χ1v) is 10.1. The number of rotatable bonds is 6. The molecule has 0 aliphatic carbocycles. The van der Waals surface area contributed by atoms with Gasteiger partial charge in [0.15, 0.2) is 0 Å². The van der Waals surface area contributed by atoms with Crippen LogP contribution in [-0.4, -0.2) is 34.1 Å². The fraction of sp³-hybridized carbons (Fsp3) is 0.368. The number of nitrogens with one attached hydrogen (secondary N) is 1. The van der Waals surface area contributed by atoms with Gasteiger partial charge in [-0.3, -0.25) is 4.79 Å². The van der Waals surface area contributed by atoms with Crippen LogP contribution < -0.4 is 10.2 Å². The zero-order valence-electron chi connectivity index (χ0n) is 14.9. The van der Waals surface area contributed by atoms with E-state index in [1.807, 2.05) is 29.0 Å². The van der Waals surface area contributed by atoms with Gasteiger partial charge in [-0.25, -0.2) is 4.98 Å². The van der Waals surface area contributed by atoms with Gasteiger partial charge in [-0.1, -0.05) is 5.16 Å². The Morgan fingerprint density at radius 1 is 1.22 bits per heavy atom. The van der Waals surface area contributed by atoms with Gasteiger partial charge in [0.05, 0.1) is 11.9 Å². The fourth-order valence-electron chi connectivity index (χ4n) is 3.08. The molecule has 27 heavy (non-hydrogen) atoms. The summed E-state index contributed by atoms with van der Waals surface area (Å²) in [5.41, 5.74) is 1.63. The maximum absolute atomic E-state index is 12.2. The van der Waals surface area contributed by atoms with E-state index in [2.05, 4.69) is 25.3 Å². The molecule has 3 aromatic heterocycles. The zero-order chi connectivity index (χ0) is 18.5. The van der Waals surface area contributed by atoms with Gasteiger partial charge in [0, 0.05) is 36.9 Å². The SMILES string of the molecule is O=C(CCc1nc(-c2ccsc2)no1)Nc1ccc(N2CCCCC2)nc1. The number of piperidine rings is 1. The van der Waals surface area contributed by atoms with Crippen molar-refractivity contribution in [3.05, 3.63) is 41.0 Å². The summed E-state index contributed by atoms with van der Waals surface area (Å²) in [6.07, 6.45) is 6.11. The molecule has 1 fully saturated rings.